The third-order valence-electron chi connectivity index (χ3n) is 2.37. The molecule has 0 radical (unpaired) electrons. The molecule has 0 N–H and O–H groups in total. The summed E-state index contributed by atoms with van der Waals surface area (Å²) in [6.07, 6.45) is 7.96. The number of hydrogen-bond acceptors (Lipinski definition) is 2. The van der Waals surface area contributed by atoms with Gasteiger partial charge in [-0.2, -0.15) is 0 Å². The Hall–Kier alpha value is -0.990. The molecule has 2 heterocycles. The molecule has 3 heteroatoms. The van der Waals surface area contributed by atoms with E-state index in [0.717, 1.165) is 5.82 Å². The minimum absolute atomic E-state index is 1.14. The minimum atomic E-state index is 1.14. The number of rotatable bonds is 1. The van der Waals surface area contributed by atoms with Gasteiger partial charge >= 0.3 is 0 Å². The molecule has 1 aromatic heterocycles. The van der Waals surface area contributed by atoms with Gasteiger partial charge in [0.15, 0.2) is 0 Å². The van der Waals surface area contributed by atoms with Crippen molar-refractivity contribution >= 4 is 5.82 Å². The van der Waals surface area contributed by atoms with Gasteiger partial charge in [0, 0.05) is 26.3 Å². The van der Waals surface area contributed by atoms with E-state index in [-0.39, 0.29) is 0 Å². The van der Waals surface area contributed by atoms with Crippen LogP contribution in [0.2, 0.25) is 0 Å². The van der Waals surface area contributed by atoms with E-state index in [4.69, 9.17) is 0 Å². The Bertz CT molecular complexity index is 248. The van der Waals surface area contributed by atoms with Crippen LogP contribution in [0.1, 0.15) is 19.3 Å². The highest BCUT2D eigenvalue weighted by molar-refractivity contribution is 5.36. The van der Waals surface area contributed by atoms with Crippen LogP contribution < -0.4 is 4.90 Å². The maximum Gasteiger partial charge on any atom is 0.146 e. The molecule has 2 rings (SSSR count). The first-order chi connectivity index (χ1) is 5.86. The summed E-state index contributed by atoms with van der Waals surface area (Å²) in [7, 11) is 2.01. The lowest BCUT2D eigenvalue weighted by Gasteiger charge is -2.26. The van der Waals surface area contributed by atoms with Crippen molar-refractivity contribution in [3.05, 3.63) is 12.5 Å². The van der Waals surface area contributed by atoms with Gasteiger partial charge in [-0.1, -0.05) is 0 Å². The predicted octanol–water partition coefficient (Wildman–Crippen LogP) is 1.41. The Morgan fingerprint density at radius 1 is 1.25 bits per heavy atom. The largest absolute Gasteiger partial charge is 0.355 e. The Kier molecular flexibility index (Phi) is 2.02. The maximum atomic E-state index is 4.33. The summed E-state index contributed by atoms with van der Waals surface area (Å²) in [5.41, 5.74) is 0. The number of anilines is 1. The van der Waals surface area contributed by atoms with Crippen molar-refractivity contribution in [3.63, 3.8) is 0 Å². The topological polar surface area (TPSA) is 21.1 Å². The summed E-state index contributed by atoms with van der Waals surface area (Å²) in [6, 6.07) is 0. The molecule has 12 heavy (non-hydrogen) atoms. The number of imidazole rings is 1. The molecule has 1 aliphatic rings. The molecule has 0 bridgehead atoms. The number of nitrogens with zero attached hydrogens (tertiary/aromatic N) is 3. The van der Waals surface area contributed by atoms with E-state index < -0.39 is 0 Å². The lowest BCUT2D eigenvalue weighted by Crippen LogP contribution is -2.29. The van der Waals surface area contributed by atoms with Gasteiger partial charge in [-0.25, -0.2) is 4.98 Å². The zero-order valence-corrected chi connectivity index (χ0v) is 7.53. The number of aromatic nitrogens is 2. The van der Waals surface area contributed by atoms with Crippen molar-refractivity contribution in [2.75, 3.05) is 18.0 Å². The van der Waals surface area contributed by atoms with Crippen molar-refractivity contribution < 1.29 is 0 Å². The highest BCUT2D eigenvalue weighted by Crippen LogP contribution is 2.16. The molecule has 66 valence electrons. The van der Waals surface area contributed by atoms with Gasteiger partial charge in [-0.15, -0.1) is 0 Å². The van der Waals surface area contributed by atoms with Gasteiger partial charge in [-0.05, 0) is 19.3 Å². The Balaban J connectivity index is 2.08. The van der Waals surface area contributed by atoms with E-state index in [9.17, 15) is 0 Å². The summed E-state index contributed by atoms with van der Waals surface area (Å²) in [4.78, 5) is 6.69. The van der Waals surface area contributed by atoms with Crippen LogP contribution in [0.15, 0.2) is 12.5 Å². The monoisotopic (exact) mass is 165 g/mol. The van der Waals surface area contributed by atoms with Crippen LogP contribution in [0.4, 0.5) is 5.82 Å². The Labute approximate surface area is 73.0 Å². The molecular weight excluding hydrogens is 150 g/mol. The summed E-state index contributed by atoms with van der Waals surface area (Å²) in [5.74, 6) is 1.14. The van der Waals surface area contributed by atoms with Crippen molar-refractivity contribution in [3.8, 4) is 0 Å². The molecule has 1 aliphatic heterocycles. The zero-order chi connectivity index (χ0) is 8.39. The van der Waals surface area contributed by atoms with Gasteiger partial charge < -0.3 is 9.47 Å². The summed E-state index contributed by atoms with van der Waals surface area (Å²) in [6.45, 7) is 2.36. The standard InChI is InChI=1S/C9H15N3/c1-11-7-9(10-8-11)12-5-3-2-4-6-12/h7-8H,2-6H2,1H3. The SMILES string of the molecule is Cn1cnc(N2CCCCC2)c1. The fourth-order valence-corrected chi connectivity index (χ4v) is 1.69. The van der Waals surface area contributed by atoms with Gasteiger partial charge in [0.1, 0.15) is 5.82 Å². The minimum Gasteiger partial charge on any atom is -0.355 e. The molecule has 3 nitrogen and oxygen atoms in total. The van der Waals surface area contributed by atoms with Crippen molar-refractivity contribution in [1.29, 1.82) is 0 Å². The molecular formula is C9H15N3. The lowest BCUT2D eigenvalue weighted by atomic mass is 10.1. The normalized spacial score (nSPS) is 18.2. The fourth-order valence-electron chi connectivity index (χ4n) is 1.69. The van der Waals surface area contributed by atoms with Crippen LogP contribution in [-0.4, -0.2) is 22.6 Å². The second-order valence-electron chi connectivity index (χ2n) is 3.45. The van der Waals surface area contributed by atoms with Crippen LogP contribution in [0.5, 0.6) is 0 Å². The molecule has 1 saturated heterocycles. The van der Waals surface area contributed by atoms with E-state index in [1.54, 1.807) is 0 Å². The fraction of sp³-hybridized carbons (Fsp3) is 0.667. The van der Waals surface area contributed by atoms with Crippen molar-refractivity contribution in [2.24, 2.45) is 7.05 Å². The van der Waals surface area contributed by atoms with Gasteiger partial charge in [-0.3, -0.25) is 0 Å². The molecule has 0 aliphatic carbocycles. The third-order valence-corrected chi connectivity index (χ3v) is 2.37. The Morgan fingerprint density at radius 3 is 2.58 bits per heavy atom. The molecule has 0 aromatic carbocycles. The molecule has 0 spiro atoms. The third kappa shape index (κ3) is 1.44. The summed E-state index contributed by atoms with van der Waals surface area (Å²) in [5, 5.41) is 0. The first-order valence-electron chi connectivity index (χ1n) is 4.59. The quantitative estimate of drug-likeness (QED) is 0.627. The van der Waals surface area contributed by atoms with E-state index in [1.807, 2.05) is 17.9 Å². The van der Waals surface area contributed by atoms with Crippen LogP contribution in [0.3, 0.4) is 0 Å². The lowest BCUT2D eigenvalue weighted by molar-refractivity contribution is 0.574. The van der Waals surface area contributed by atoms with E-state index in [0.29, 0.717) is 0 Å². The van der Waals surface area contributed by atoms with Crippen LogP contribution in [0, 0.1) is 0 Å². The highest BCUT2D eigenvalue weighted by Gasteiger charge is 2.11. The van der Waals surface area contributed by atoms with Crippen LogP contribution >= 0.6 is 0 Å². The van der Waals surface area contributed by atoms with Crippen LogP contribution in [0.25, 0.3) is 0 Å². The second kappa shape index (κ2) is 3.17. The zero-order valence-electron chi connectivity index (χ0n) is 7.53. The van der Waals surface area contributed by atoms with Gasteiger partial charge in [0.2, 0.25) is 0 Å². The predicted molar refractivity (Wildman–Crippen MR) is 49.3 cm³/mol. The molecule has 0 saturated carbocycles. The second-order valence-corrected chi connectivity index (χ2v) is 3.45. The highest BCUT2D eigenvalue weighted by atomic mass is 15.2. The molecule has 1 aromatic rings. The van der Waals surface area contributed by atoms with Crippen LogP contribution in [-0.2, 0) is 7.05 Å². The van der Waals surface area contributed by atoms with Gasteiger partial charge in [0.25, 0.3) is 0 Å². The number of aryl methyl sites for hydroxylation is 1. The summed E-state index contributed by atoms with van der Waals surface area (Å²) >= 11 is 0. The number of hydrogen-bond donors (Lipinski definition) is 0. The van der Waals surface area contributed by atoms with E-state index in [1.165, 1.54) is 32.4 Å². The Morgan fingerprint density at radius 2 is 2.00 bits per heavy atom. The van der Waals surface area contributed by atoms with Gasteiger partial charge in [0.05, 0.1) is 6.33 Å². The summed E-state index contributed by atoms with van der Waals surface area (Å²) < 4.78 is 2.00. The first-order valence-corrected chi connectivity index (χ1v) is 4.59. The first kappa shape index (κ1) is 7.65. The van der Waals surface area contributed by atoms with Crippen molar-refractivity contribution in [1.82, 2.24) is 9.55 Å². The van der Waals surface area contributed by atoms with Crippen molar-refractivity contribution in [2.45, 2.75) is 19.3 Å². The molecule has 0 amide bonds. The van der Waals surface area contributed by atoms with E-state index >= 15 is 0 Å². The average Bonchev–Trinajstić information content (AvgIpc) is 2.54. The molecule has 1 fully saturated rings. The molecule has 0 atom stereocenters. The smallest absolute Gasteiger partial charge is 0.146 e. The number of piperidine rings is 1. The molecule has 0 unspecified atom stereocenters. The van der Waals surface area contributed by atoms with E-state index in [2.05, 4.69) is 16.1 Å². The average molecular weight is 165 g/mol. The maximum absolute atomic E-state index is 4.33.